The summed E-state index contributed by atoms with van der Waals surface area (Å²) in [7, 11) is 0. The Morgan fingerprint density at radius 1 is 0.880 bits per heavy atom. The maximum Gasteiger partial charge on any atom is 0.298 e. The summed E-state index contributed by atoms with van der Waals surface area (Å²) in [4.78, 5) is 17.5. The first-order valence-electron chi connectivity index (χ1n) is 8.28. The molecule has 4 rings (SSSR count). The van der Waals surface area contributed by atoms with Crippen molar-refractivity contribution in [3.8, 4) is 16.9 Å². The van der Waals surface area contributed by atoms with Crippen molar-refractivity contribution in [3.63, 3.8) is 0 Å². The molecule has 0 aliphatic heterocycles. The zero-order valence-corrected chi connectivity index (χ0v) is 14.5. The highest BCUT2D eigenvalue weighted by Crippen LogP contribution is 2.19. The van der Waals surface area contributed by atoms with Crippen LogP contribution in [0.15, 0.2) is 65.8 Å². The molecular formula is C21H19N3O. The smallest absolute Gasteiger partial charge is 0.298 e. The number of imidazole rings is 1. The number of fused-ring (bicyclic) bond motifs is 1. The molecule has 2 aromatic heterocycles. The fourth-order valence-electron chi connectivity index (χ4n) is 3.11. The van der Waals surface area contributed by atoms with Crippen molar-refractivity contribution >= 4 is 5.65 Å². The van der Waals surface area contributed by atoms with E-state index in [1.54, 1.807) is 15.2 Å². The van der Waals surface area contributed by atoms with E-state index in [1.807, 2.05) is 62.6 Å². The second-order valence-electron chi connectivity index (χ2n) is 6.49. The molecule has 0 aliphatic rings. The highest BCUT2D eigenvalue weighted by Gasteiger charge is 2.11. The SMILES string of the molecule is Cc1ccc(-c2cn3ccn(-c4ccc(C)cc4C)c(=O)c3n2)cc1. The summed E-state index contributed by atoms with van der Waals surface area (Å²) < 4.78 is 3.45. The van der Waals surface area contributed by atoms with E-state index in [9.17, 15) is 4.79 Å². The Morgan fingerprint density at radius 3 is 2.32 bits per heavy atom. The lowest BCUT2D eigenvalue weighted by Crippen LogP contribution is -2.20. The van der Waals surface area contributed by atoms with Gasteiger partial charge in [0.1, 0.15) is 0 Å². The molecule has 0 atom stereocenters. The first kappa shape index (κ1) is 15.4. The van der Waals surface area contributed by atoms with Gasteiger partial charge in [0.15, 0.2) is 0 Å². The maximum absolute atomic E-state index is 12.9. The Balaban J connectivity index is 1.88. The summed E-state index contributed by atoms with van der Waals surface area (Å²) in [5.41, 5.74) is 6.45. The van der Waals surface area contributed by atoms with Gasteiger partial charge in [-0.25, -0.2) is 4.98 Å². The highest BCUT2D eigenvalue weighted by molar-refractivity contribution is 5.62. The molecule has 0 saturated heterocycles. The van der Waals surface area contributed by atoms with Crippen molar-refractivity contribution in [2.45, 2.75) is 20.8 Å². The van der Waals surface area contributed by atoms with Gasteiger partial charge in [-0.05, 0) is 32.4 Å². The molecule has 0 saturated carbocycles. The van der Waals surface area contributed by atoms with E-state index in [2.05, 4.69) is 18.0 Å². The minimum absolute atomic E-state index is 0.118. The van der Waals surface area contributed by atoms with Gasteiger partial charge in [0.25, 0.3) is 5.56 Å². The van der Waals surface area contributed by atoms with Crippen molar-refractivity contribution < 1.29 is 0 Å². The number of benzene rings is 2. The van der Waals surface area contributed by atoms with Crippen molar-refractivity contribution in [1.29, 1.82) is 0 Å². The Labute approximate surface area is 146 Å². The molecule has 124 valence electrons. The zero-order chi connectivity index (χ0) is 17.6. The molecule has 25 heavy (non-hydrogen) atoms. The average Bonchev–Trinajstić information content (AvgIpc) is 3.02. The normalized spacial score (nSPS) is 11.2. The number of nitrogens with zero attached hydrogens (tertiary/aromatic N) is 3. The van der Waals surface area contributed by atoms with Crippen LogP contribution in [0.5, 0.6) is 0 Å². The predicted octanol–water partition coefficient (Wildman–Crippen LogP) is 4.08. The van der Waals surface area contributed by atoms with Crippen molar-refractivity contribution in [2.75, 3.05) is 0 Å². The van der Waals surface area contributed by atoms with E-state index in [0.717, 1.165) is 22.5 Å². The van der Waals surface area contributed by atoms with Gasteiger partial charge in [-0.15, -0.1) is 0 Å². The minimum Gasteiger partial charge on any atom is -0.300 e. The first-order chi connectivity index (χ1) is 12.0. The van der Waals surface area contributed by atoms with E-state index in [1.165, 1.54) is 11.1 Å². The van der Waals surface area contributed by atoms with Crippen LogP contribution < -0.4 is 5.56 Å². The van der Waals surface area contributed by atoms with Crippen LogP contribution in [0, 0.1) is 20.8 Å². The van der Waals surface area contributed by atoms with Crippen LogP contribution in [0.2, 0.25) is 0 Å². The third-order valence-electron chi connectivity index (χ3n) is 4.48. The van der Waals surface area contributed by atoms with E-state index in [-0.39, 0.29) is 5.56 Å². The maximum atomic E-state index is 12.9. The molecule has 2 heterocycles. The van der Waals surface area contributed by atoms with E-state index >= 15 is 0 Å². The molecule has 0 N–H and O–H groups in total. The van der Waals surface area contributed by atoms with Gasteiger partial charge in [-0.3, -0.25) is 9.36 Å². The van der Waals surface area contributed by atoms with Gasteiger partial charge >= 0.3 is 0 Å². The Morgan fingerprint density at radius 2 is 1.60 bits per heavy atom. The lowest BCUT2D eigenvalue weighted by molar-refractivity contribution is 0.940. The molecule has 0 spiro atoms. The van der Waals surface area contributed by atoms with Crippen LogP contribution in [0.3, 0.4) is 0 Å². The van der Waals surface area contributed by atoms with Crippen LogP contribution >= 0.6 is 0 Å². The second-order valence-corrected chi connectivity index (χ2v) is 6.49. The van der Waals surface area contributed by atoms with E-state index in [0.29, 0.717) is 5.65 Å². The van der Waals surface area contributed by atoms with Gasteiger partial charge in [0, 0.05) is 24.2 Å². The van der Waals surface area contributed by atoms with Gasteiger partial charge in [0.05, 0.1) is 11.4 Å². The molecule has 4 nitrogen and oxygen atoms in total. The summed E-state index contributed by atoms with van der Waals surface area (Å²) in [5.74, 6) is 0. The van der Waals surface area contributed by atoms with E-state index in [4.69, 9.17) is 0 Å². The third-order valence-corrected chi connectivity index (χ3v) is 4.48. The molecule has 4 aromatic rings. The Hall–Kier alpha value is -3.14. The van der Waals surface area contributed by atoms with Crippen molar-refractivity contribution in [3.05, 3.63) is 88.1 Å². The fourth-order valence-corrected chi connectivity index (χ4v) is 3.11. The number of hydrogen-bond donors (Lipinski definition) is 0. The first-order valence-corrected chi connectivity index (χ1v) is 8.28. The Bertz CT molecular complexity index is 1130. The molecular weight excluding hydrogens is 310 g/mol. The summed E-state index contributed by atoms with van der Waals surface area (Å²) in [5, 5.41) is 0. The van der Waals surface area contributed by atoms with Crippen LogP contribution in [0.4, 0.5) is 0 Å². The van der Waals surface area contributed by atoms with Crippen LogP contribution in [0.1, 0.15) is 16.7 Å². The largest absolute Gasteiger partial charge is 0.300 e. The monoisotopic (exact) mass is 329 g/mol. The van der Waals surface area contributed by atoms with Gasteiger partial charge in [0.2, 0.25) is 5.65 Å². The molecule has 0 aliphatic carbocycles. The summed E-state index contributed by atoms with van der Waals surface area (Å²) in [6, 6.07) is 14.2. The summed E-state index contributed by atoms with van der Waals surface area (Å²) >= 11 is 0. The van der Waals surface area contributed by atoms with E-state index < -0.39 is 0 Å². The van der Waals surface area contributed by atoms with Crippen LogP contribution in [-0.4, -0.2) is 14.0 Å². The number of aromatic nitrogens is 3. The van der Waals surface area contributed by atoms with Crippen LogP contribution in [0.25, 0.3) is 22.6 Å². The van der Waals surface area contributed by atoms with Gasteiger partial charge in [-0.2, -0.15) is 0 Å². The Kier molecular flexibility index (Phi) is 3.53. The third kappa shape index (κ3) is 2.66. The standard InChI is InChI=1S/C21H19N3O/c1-14-4-7-17(8-5-14)18-13-23-10-11-24(21(25)20(23)22-18)19-9-6-15(2)12-16(19)3/h4-13H,1-3H3. The molecule has 4 heteroatoms. The molecule has 0 radical (unpaired) electrons. The van der Waals surface area contributed by atoms with Crippen LogP contribution in [-0.2, 0) is 0 Å². The molecule has 0 fully saturated rings. The molecule has 0 amide bonds. The van der Waals surface area contributed by atoms with Crippen molar-refractivity contribution in [1.82, 2.24) is 14.0 Å². The number of aryl methyl sites for hydroxylation is 3. The zero-order valence-electron chi connectivity index (χ0n) is 14.5. The summed E-state index contributed by atoms with van der Waals surface area (Å²) in [6.07, 6.45) is 5.57. The number of rotatable bonds is 2. The average molecular weight is 329 g/mol. The van der Waals surface area contributed by atoms with Crippen molar-refractivity contribution in [2.24, 2.45) is 0 Å². The fraction of sp³-hybridized carbons (Fsp3) is 0.143. The summed E-state index contributed by atoms with van der Waals surface area (Å²) in [6.45, 7) is 6.11. The minimum atomic E-state index is -0.118. The lowest BCUT2D eigenvalue weighted by atomic mass is 10.1. The lowest BCUT2D eigenvalue weighted by Gasteiger charge is -2.09. The highest BCUT2D eigenvalue weighted by atomic mass is 16.1. The molecule has 0 unspecified atom stereocenters. The second kappa shape index (κ2) is 5.74. The van der Waals surface area contributed by atoms with Gasteiger partial charge < -0.3 is 4.40 Å². The molecule has 2 aromatic carbocycles. The topological polar surface area (TPSA) is 39.3 Å². The quantitative estimate of drug-likeness (QED) is 0.556. The van der Waals surface area contributed by atoms with Gasteiger partial charge in [-0.1, -0.05) is 47.5 Å². The molecule has 0 bridgehead atoms. The predicted molar refractivity (Wildman–Crippen MR) is 100 cm³/mol. The number of hydrogen-bond acceptors (Lipinski definition) is 2.